The molecule has 1 aliphatic heterocycles. The summed E-state index contributed by atoms with van der Waals surface area (Å²) in [6.07, 6.45) is 2.06. The van der Waals surface area contributed by atoms with Gasteiger partial charge in [-0.3, -0.25) is 9.48 Å². The number of ether oxygens (including phenoxy) is 1. The smallest absolute Gasteiger partial charge is 0.226 e. The lowest BCUT2D eigenvalue weighted by atomic mass is 10.1. The monoisotopic (exact) mass is 341 g/mol. The van der Waals surface area contributed by atoms with Crippen LogP contribution in [0.2, 0.25) is 0 Å². The van der Waals surface area contributed by atoms with E-state index < -0.39 is 6.10 Å². The Morgan fingerprint density at radius 3 is 2.84 bits per heavy atom. The molecule has 1 aromatic heterocycles. The van der Waals surface area contributed by atoms with E-state index in [1.807, 2.05) is 46.0 Å². The van der Waals surface area contributed by atoms with Crippen LogP contribution in [0.15, 0.2) is 36.4 Å². The Labute approximate surface area is 147 Å². The molecule has 2 heterocycles. The summed E-state index contributed by atoms with van der Waals surface area (Å²) in [7, 11) is 0. The first-order chi connectivity index (χ1) is 12.2. The number of aliphatic hydroxyl groups is 1. The molecular weight excluding hydrogens is 318 g/mol. The van der Waals surface area contributed by atoms with Gasteiger partial charge in [0.05, 0.1) is 37.5 Å². The summed E-state index contributed by atoms with van der Waals surface area (Å²) in [5.74, 6) is 1.24. The standard InChI is InChI=1S/C19H23N3O3/c23-18(8-11-25-16-4-2-1-3-5-16)21-9-10-22-15(13-21)12-17(20-22)19(24)14-6-7-14/h1-5,12,14,19,24H,6-11,13H2/t19-/m0/s1. The van der Waals surface area contributed by atoms with Crippen LogP contribution in [-0.2, 0) is 17.9 Å². The molecule has 6 heteroatoms. The van der Waals surface area contributed by atoms with Crippen LogP contribution in [0.25, 0.3) is 0 Å². The summed E-state index contributed by atoms with van der Waals surface area (Å²) in [4.78, 5) is 14.3. The van der Waals surface area contributed by atoms with Crippen LogP contribution in [0, 0.1) is 5.92 Å². The van der Waals surface area contributed by atoms with E-state index >= 15 is 0 Å². The van der Waals surface area contributed by atoms with Crippen LogP contribution < -0.4 is 4.74 Å². The molecule has 1 N–H and O–H groups in total. The summed E-state index contributed by atoms with van der Waals surface area (Å²) in [5.41, 5.74) is 1.75. The molecule has 2 aromatic rings. The first-order valence-corrected chi connectivity index (χ1v) is 8.91. The molecule has 1 saturated carbocycles. The molecule has 4 rings (SSSR count). The van der Waals surface area contributed by atoms with Crippen molar-refractivity contribution in [1.82, 2.24) is 14.7 Å². The van der Waals surface area contributed by atoms with Gasteiger partial charge in [0, 0.05) is 6.54 Å². The quantitative estimate of drug-likeness (QED) is 0.874. The molecule has 0 saturated heterocycles. The van der Waals surface area contributed by atoms with Crippen LogP contribution in [-0.4, -0.2) is 38.8 Å². The van der Waals surface area contributed by atoms with Gasteiger partial charge in [0.2, 0.25) is 5.91 Å². The summed E-state index contributed by atoms with van der Waals surface area (Å²) in [5, 5.41) is 14.7. The zero-order valence-corrected chi connectivity index (χ0v) is 14.2. The molecule has 1 aliphatic carbocycles. The lowest BCUT2D eigenvalue weighted by Gasteiger charge is -2.27. The van der Waals surface area contributed by atoms with Gasteiger partial charge in [-0.15, -0.1) is 0 Å². The molecular formula is C19H23N3O3. The predicted octanol–water partition coefficient (Wildman–Crippen LogP) is 2.14. The SMILES string of the molecule is O=C(CCOc1ccccc1)N1CCn2nc([C@@H](O)C3CC3)cc2C1. The minimum absolute atomic E-state index is 0.0904. The number of aliphatic hydroxyl groups excluding tert-OH is 1. The van der Waals surface area contributed by atoms with Gasteiger partial charge >= 0.3 is 0 Å². The predicted molar refractivity (Wildman–Crippen MR) is 91.9 cm³/mol. The molecule has 1 fully saturated rings. The topological polar surface area (TPSA) is 67.6 Å². The number of carbonyl (C=O) groups excluding carboxylic acids is 1. The summed E-state index contributed by atoms with van der Waals surface area (Å²) in [6.45, 7) is 2.26. The number of benzene rings is 1. The number of carbonyl (C=O) groups is 1. The molecule has 1 amide bonds. The second-order valence-electron chi connectivity index (χ2n) is 6.79. The van der Waals surface area contributed by atoms with Crippen molar-refractivity contribution in [3.8, 4) is 5.75 Å². The zero-order valence-electron chi connectivity index (χ0n) is 14.2. The minimum Gasteiger partial charge on any atom is -0.493 e. The molecule has 25 heavy (non-hydrogen) atoms. The van der Waals surface area contributed by atoms with Gasteiger partial charge in [-0.05, 0) is 37.0 Å². The Morgan fingerprint density at radius 1 is 1.28 bits per heavy atom. The van der Waals surface area contributed by atoms with Crippen LogP contribution in [0.4, 0.5) is 0 Å². The highest BCUT2D eigenvalue weighted by molar-refractivity contribution is 5.76. The van der Waals surface area contributed by atoms with E-state index in [-0.39, 0.29) is 5.91 Å². The Bertz CT molecular complexity index is 740. The highest BCUT2D eigenvalue weighted by atomic mass is 16.5. The van der Waals surface area contributed by atoms with Crippen molar-refractivity contribution in [1.29, 1.82) is 0 Å². The number of nitrogens with zero attached hydrogens (tertiary/aromatic N) is 3. The average Bonchev–Trinajstić information content (AvgIpc) is 3.40. The molecule has 1 aromatic carbocycles. The Hall–Kier alpha value is -2.34. The zero-order chi connectivity index (χ0) is 17.2. The van der Waals surface area contributed by atoms with Gasteiger partial charge in [-0.1, -0.05) is 18.2 Å². The van der Waals surface area contributed by atoms with E-state index in [9.17, 15) is 9.90 Å². The van der Waals surface area contributed by atoms with Crippen LogP contribution in [0.5, 0.6) is 5.75 Å². The van der Waals surface area contributed by atoms with Gasteiger partial charge in [0.25, 0.3) is 0 Å². The van der Waals surface area contributed by atoms with Gasteiger partial charge in [-0.25, -0.2) is 0 Å². The van der Waals surface area contributed by atoms with E-state index in [1.165, 1.54) is 0 Å². The van der Waals surface area contributed by atoms with Crippen molar-refractivity contribution in [3.63, 3.8) is 0 Å². The van der Waals surface area contributed by atoms with Crippen LogP contribution >= 0.6 is 0 Å². The summed E-state index contributed by atoms with van der Waals surface area (Å²) < 4.78 is 7.53. The van der Waals surface area contributed by atoms with E-state index in [1.54, 1.807) is 0 Å². The summed E-state index contributed by atoms with van der Waals surface area (Å²) in [6, 6.07) is 11.5. The van der Waals surface area contributed by atoms with E-state index in [2.05, 4.69) is 5.10 Å². The van der Waals surface area contributed by atoms with Gasteiger partial charge < -0.3 is 14.7 Å². The maximum Gasteiger partial charge on any atom is 0.226 e. The van der Waals surface area contributed by atoms with E-state index in [0.717, 1.165) is 30.0 Å². The molecule has 1 atom stereocenters. The van der Waals surface area contributed by atoms with Crippen molar-refractivity contribution in [2.45, 2.75) is 38.5 Å². The van der Waals surface area contributed by atoms with E-state index in [0.29, 0.717) is 38.6 Å². The summed E-state index contributed by atoms with van der Waals surface area (Å²) >= 11 is 0. The number of fused-ring (bicyclic) bond motifs is 1. The van der Waals surface area contributed by atoms with Crippen molar-refractivity contribution in [2.24, 2.45) is 5.92 Å². The fourth-order valence-corrected chi connectivity index (χ4v) is 3.23. The highest BCUT2D eigenvalue weighted by Crippen LogP contribution is 2.40. The van der Waals surface area contributed by atoms with E-state index in [4.69, 9.17) is 4.74 Å². The minimum atomic E-state index is -0.457. The largest absolute Gasteiger partial charge is 0.493 e. The van der Waals surface area contributed by atoms with Crippen molar-refractivity contribution in [3.05, 3.63) is 47.8 Å². The first kappa shape index (κ1) is 16.1. The Kier molecular flexibility index (Phi) is 4.44. The maximum atomic E-state index is 12.4. The fraction of sp³-hybridized carbons (Fsp3) is 0.474. The molecule has 0 unspecified atom stereocenters. The molecule has 0 radical (unpaired) electrons. The first-order valence-electron chi connectivity index (χ1n) is 8.91. The number of amides is 1. The third-order valence-electron chi connectivity index (χ3n) is 4.87. The van der Waals surface area contributed by atoms with Gasteiger partial charge in [-0.2, -0.15) is 5.10 Å². The second kappa shape index (κ2) is 6.88. The van der Waals surface area contributed by atoms with Crippen molar-refractivity contribution < 1.29 is 14.6 Å². The number of hydrogen-bond acceptors (Lipinski definition) is 4. The van der Waals surface area contributed by atoms with Crippen LogP contribution in [0.3, 0.4) is 0 Å². The maximum absolute atomic E-state index is 12.4. The van der Waals surface area contributed by atoms with Crippen LogP contribution in [0.1, 0.15) is 36.8 Å². The third-order valence-corrected chi connectivity index (χ3v) is 4.87. The number of para-hydroxylation sites is 1. The highest BCUT2D eigenvalue weighted by Gasteiger charge is 2.33. The third kappa shape index (κ3) is 3.69. The van der Waals surface area contributed by atoms with Crippen molar-refractivity contribution in [2.75, 3.05) is 13.2 Å². The molecule has 132 valence electrons. The lowest BCUT2D eigenvalue weighted by molar-refractivity contribution is -0.133. The molecule has 2 aliphatic rings. The molecule has 0 bridgehead atoms. The average molecular weight is 341 g/mol. The number of rotatable bonds is 6. The fourth-order valence-electron chi connectivity index (χ4n) is 3.23. The second-order valence-corrected chi connectivity index (χ2v) is 6.79. The Balaban J connectivity index is 1.31. The van der Waals surface area contributed by atoms with Gasteiger partial charge in [0.15, 0.2) is 0 Å². The molecule has 0 spiro atoms. The molecule has 6 nitrogen and oxygen atoms in total. The number of aromatic nitrogens is 2. The number of hydrogen-bond donors (Lipinski definition) is 1. The van der Waals surface area contributed by atoms with Gasteiger partial charge in [0.1, 0.15) is 11.9 Å². The normalized spacial score (nSPS) is 17.9. The Morgan fingerprint density at radius 2 is 2.08 bits per heavy atom. The lowest BCUT2D eigenvalue weighted by Crippen LogP contribution is -2.38. The van der Waals surface area contributed by atoms with Crippen molar-refractivity contribution >= 4 is 5.91 Å².